The van der Waals surface area contributed by atoms with E-state index in [1.807, 2.05) is 0 Å². The molecule has 0 aromatic rings. The molecule has 1 saturated heterocycles. The van der Waals surface area contributed by atoms with Crippen molar-refractivity contribution in [1.29, 1.82) is 0 Å². The molecule has 90 valence electrons. The lowest BCUT2D eigenvalue weighted by Crippen LogP contribution is -2.33. The fourth-order valence-corrected chi connectivity index (χ4v) is 2.23. The molecule has 1 aliphatic heterocycles. The molecule has 0 radical (unpaired) electrons. The quantitative estimate of drug-likeness (QED) is 0.696. The first kappa shape index (κ1) is 13.3. The molecule has 0 N–H and O–H groups in total. The summed E-state index contributed by atoms with van der Waals surface area (Å²) < 4.78 is 11.1. The number of hydrogen-bond donors (Lipinski definition) is 0. The van der Waals surface area contributed by atoms with Crippen LogP contribution in [0.3, 0.4) is 0 Å². The smallest absolute Gasteiger partial charge is 0.0598 e. The molecular weight excluding hydrogens is 212 g/mol. The zero-order valence-corrected chi connectivity index (χ0v) is 10.9. The molecule has 0 spiro atoms. The van der Waals surface area contributed by atoms with Crippen LogP contribution in [0.25, 0.3) is 0 Å². The van der Waals surface area contributed by atoms with Gasteiger partial charge in [0.2, 0.25) is 0 Å². The minimum atomic E-state index is -0.0430. The van der Waals surface area contributed by atoms with Gasteiger partial charge in [-0.1, -0.05) is 0 Å². The van der Waals surface area contributed by atoms with Crippen LogP contribution in [0.4, 0.5) is 0 Å². The first-order valence-corrected chi connectivity index (χ1v) is 6.29. The van der Waals surface area contributed by atoms with Crippen molar-refractivity contribution < 1.29 is 9.47 Å². The molecule has 3 heteroatoms. The van der Waals surface area contributed by atoms with Crippen molar-refractivity contribution in [3.05, 3.63) is 0 Å². The summed E-state index contributed by atoms with van der Waals surface area (Å²) >= 11 is 6.08. The molecule has 1 rings (SSSR count). The van der Waals surface area contributed by atoms with Crippen LogP contribution in [-0.4, -0.2) is 31.3 Å². The van der Waals surface area contributed by atoms with Gasteiger partial charge in [0.1, 0.15) is 0 Å². The summed E-state index contributed by atoms with van der Waals surface area (Å²) in [5.74, 6) is 0.726. The van der Waals surface area contributed by atoms with E-state index < -0.39 is 0 Å². The third-order valence-electron chi connectivity index (χ3n) is 3.00. The number of halogens is 1. The van der Waals surface area contributed by atoms with Gasteiger partial charge < -0.3 is 9.47 Å². The van der Waals surface area contributed by atoms with Crippen molar-refractivity contribution in [2.75, 3.05) is 25.7 Å². The van der Waals surface area contributed by atoms with E-state index in [-0.39, 0.29) is 11.0 Å². The van der Waals surface area contributed by atoms with Crippen molar-refractivity contribution in [2.24, 2.45) is 5.41 Å². The molecule has 1 heterocycles. The Balaban J connectivity index is 2.33. The maximum absolute atomic E-state index is 6.08. The zero-order valence-electron chi connectivity index (χ0n) is 10.1. The van der Waals surface area contributed by atoms with Crippen molar-refractivity contribution in [1.82, 2.24) is 0 Å². The molecule has 0 atom stereocenters. The molecule has 0 saturated carbocycles. The van der Waals surface area contributed by atoms with E-state index in [2.05, 4.69) is 20.8 Å². The zero-order chi connectivity index (χ0) is 11.4. The topological polar surface area (TPSA) is 18.5 Å². The van der Waals surface area contributed by atoms with Gasteiger partial charge >= 0.3 is 0 Å². The Hall–Kier alpha value is 0.210. The SMILES string of the molecule is CC(C)(C)OCCC1(CCl)CCOCC1. The lowest BCUT2D eigenvalue weighted by atomic mass is 9.79. The second-order valence-electron chi connectivity index (χ2n) is 5.46. The van der Waals surface area contributed by atoms with Crippen LogP contribution in [0.1, 0.15) is 40.0 Å². The van der Waals surface area contributed by atoms with E-state index in [0.717, 1.165) is 45.0 Å². The lowest BCUT2D eigenvalue weighted by molar-refractivity contribution is -0.0374. The van der Waals surface area contributed by atoms with Crippen molar-refractivity contribution in [3.63, 3.8) is 0 Å². The van der Waals surface area contributed by atoms with Gasteiger partial charge in [0, 0.05) is 25.7 Å². The molecular formula is C12H23ClO2. The van der Waals surface area contributed by atoms with Crippen molar-refractivity contribution in [2.45, 2.75) is 45.6 Å². The van der Waals surface area contributed by atoms with Crippen LogP contribution in [0, 0.1) is 5.41 Å². The second-order valence-corrected chi connectivity index (χ2v) is 5.72. The fourth-order valence-electron chi connectivity index (χ4n) is 1.83. The van der Waals surface area contributed by atoms with Gasteiger partial charge in [0.25, 0.3) is 0 Å². The molecule has 1 aliphatic rings. The standard InChI is InChI=1S/C12H23ClO2/c1-11(2,3)15-9-6-12(10-13)4-7-14-8-5-12/h4-10H2,1-3H3. The van der Waals surface area contributed by atoms with Crippen molar-refractivity contribution >= 4 is 11.6 Å². The second kappa shape index (κ2) is 5.51. The maximum atomic E-state index is 6.08. The van der Waals surface area contributed by atoms with Crippen LogP contribution in [0.2, 0.25) is 0 Å². The molecule has 0 aromatic carbocycles. The molecule has 0 unspecified atom stereocenters. The number of hydrogen-bond acceptors (Lipinski definition) is 2. The Labute approximate surface area is 98.3 Å². The average molecular weight is 235 g/mol. The van der Waals surface area contributed by atoms with Crippen molar-refractivity contribution in [3.8, 4) is 0 Å². The highest BCUT2D eigenvalue weighted by atomic mass is 35.5. The Morgan fingerprint density at radius 3 is 2.33 bits per heavy atom. The first-order valence-electron chi connectivity index (χ1n) is 5.75. The monoisotopic (exact) mass is 234 g/mol. The van der Waals surface area contributed by atoms with Crippen LogP contribution in [0.15, 0.2) is 0 Å². The van der Waals surface area contributed by atoms with E-state index >= 15 is 0 Å². The molecule has 15 heavy (non-hydrogen) atoms. The van der Waals surface area contributed by atoms with E-state index in [9.17, 15) is 0 Å². The maximum Gasteiger partial charge on any atom is 0.0598 e. The van der Waals surface area contributed by atoms with E-state index in [1.165, 1.54) is 0 Å². The number of ether oxygens (including phenoxy) is 2. The normalized spacial score (nSPS) is 21.6. The number of alkyl halides is 1. The number of rotatable bonds is 4. The first-order chi connectivity index (χ1) is 6.97. The van der Waals surface area contributed by atoms with E-state index in [0.29, 0.717) is 0 Å². The van der Waals surface area contributed by atoms with Gasteiger partial charge in [-0.2, -0.15) is 0 Å². The third-order valence-corrected chi connectivity index (χ3v) is 3.57. The summed E-state index contributed by atoms with van der Waals surface area (Å²) in [6, 6.07) is 0. The predicted molar refractivity (Wildman–Crippen MR) is 63.5 cm³/mol. The van der Waals surface area contributed by atoms with Gasteiger partial charge in [-0.15, -0.1) is 11.6 Å². The Morgan fingerprint density at radius 2 is 1.87 bits per heavy atom. The minimum Gasteiger partial charge on any atom is -0.381 e. The Morgan fingerprint density at radius 1 is 1.27 bits per heavy atom. The molecule has 2 nitrogen and oxygen atoms in total. The molecule has 0 aromatic heterocycles. The van der Waals surface area contributed by atoms with Gasteiger partial charge in [0.05, 0.1) is 5.60 Å². The van der Waals surface area contributed by atoms with Crippen LogP contribution >= 0.6 is 11.6 Å². The summed E-state index contributed by atoms with van der Waals surface area (Å²) in [6.07, 6.45) is 3.20. The Bertz CT molecular complexity index is 181. The lowest BCUT2D eigenvalue weighted by Gasteiger charge is -2.36. The largest absolute Gasteiger partial charge is 0.381 e. The van der Waals surface area contributed by atoms with Crippen LogP contribution in [0.5, 0.6) is 0 Å². The van der Waals surface area contributed by atoms with Gasteiger partial charge in [-0.3, -0.25) is 0 Å². The summed E-state index contributed by atoms with van der Waals surface area (Å²) in [5.41, 5.74) is 0.212. The van der Waals surface area contributed by atoms with E-state index in [4.69, 9.17) is 21.1 Å². The summed E-state index contributed by atoms with van der Waals surface area (Å²) in [5, 5.41) is 0. The Kier molecular flexibility index (Phi) is 4.88. The minimum absolute atomic E-state index is 0.0430. The molecule has 0 amide bonds. The third kappa shape index (κ3) is 4.71. The fraction of sp³-hybridized carbons (Fsp3) is 1.00. The van der Waals surface area contributed by atoms with Crippen LogP contribution in [-0.2, 0) is 9.47 Å². The van der Waals surface area contributed by atoms with Gasteiger partial charge in [0.15, 0.2) is 0 Å². The average Bonchev–Trinajstić information content (AvgIpc) is 2.17. The molecule has 1 fully saturated rings. The molecule has 0 bridgehead atoms. The van der Waals surface area contributed by atoms with Gasteiger partial charge in [-0.25, -0.2) is 0 Å². The van der Waals surface area contributed by atoms with E-state index in [1.54, 1.807) is 0 Å². The predicted octanol–water partition coefficient (Wildman–Crippen LogP) is 3.23. The highest BCUT2D eigenvalue weighted by Gasteiger charge is 2.31. The van der Waals surface area contributed by atoms with Gasteiger partial charge in [-0.05, 0) is 45.4 Å². The van der Waals surface area contributed by atoms with Crippen LogP contribution < -0.4 is 0 Å². The highest BCUT2D eigenvalue weighted by molar-refractivity contribution is 6.18. The summed E-state index contributed by atoms with van der Waals surface area (Å²) in [4.78, 5) is 0. The summed E-state index contributed by atoms with van der Waals surface area (Å²) in [6.45, 7) is 8.76. The highest BCUT2D eigenvalue weighted by Crippen LogP contribution is 2.35. The molecule has 0 aliphatic carbocycles. The summed E-state index contributed by atoms with van der Waals surface area (Å²) in [7, 11) is 0.